The predicted octanol–water partition coefficient (Wildman–Crippen LogP) is 10.1. The molecule has 452 valence electrons. The Bertz CT molecular complexity index is 3860. The minimum absolute atomic E-state index is 0.0776. The van der Waals surface area contributed by atoms with Gasteiger partial charge in [0.2, 0.25) is 0 Å². The Balaban J connectivity index is 0.000000196. The van der Waals surface area contributed by atoms with E-state index in [4.69, 9.17) is 35.7 Å². The van der Waals surface area contributed by atoms with Gasteiger partial charge in [0.1, 0.15) is 12.1 Å². The molecule has 0 radical (unpaired) electrons. The molecule has 6 heterocycles. The van der Waals surface area contributed by atoms with Crippen LogP contribution in [0, 0.1) is 22.7 Å². The smallest absolute Gasteiger partial charge is 0.335 e. The van der Waals surface area contributed by atoms with Gasteiger partial charge in [0, 0.05) is 126 Å². The molecule has 2 fully saturated rings. The summed E-state index contributed by atoms with van der Waals surface area (Å²) in [6.45, 7) is 13.8. The fraction of sp³-hybridized carbons (Fsp3) is 0.344. The van der Waals surface area contributed by atoms with Crippen molar-refractivity contribution in [2.24, 2.45) is 5.73 Å². The van der Waals surface area contributed by atoms with Gasteiger partial charge in [-0.05, 0) is 156 Å². The molecule has 23 heteroatoms. The van der Waals surface area contributed by atoms with Gasteiger partial charge >= 0.3 is 5.97 Å². The van der Waals surface area contributed by atoms with E-state index in [-0.39, 0.29) is 55.0 Å². The van der Waals surface area contributed by atoms with Crippen molar-refractivity contribution >= 4 is 89.0 Å². The topological polar surface area (TPSA) is 302 Å². The molecule has 0 unspecified atom stereocenters. The van der Waals surface area contributed by atoms with Gasteiger partial charge in [0.15, 0.2) is 11.3 Å². The normalized spacial score (nSPS) is 13.3. The number of pyridine rings is 2. The molecule has 0 atom stereocenters. The zero-order valence-corrected chi connectivity index (χ0v) is 52.2. The zero-order valence-electron chi connectivity index (χ0n) is 49.0. The van der Waals surface area contributed by atoms with E-state index in [1.54, 1.807) is 60.7 Å². The number of ether oxygens (including phenoxy) is 2. The molecule has 21 nitrogen and oxygen atoms in total. The Hall–Kier alpha value is -8.58. The number of nitrogens with one attached hydrogen (secondary N) is 5. The van der Waals surface area contributed by atoms with Crippen molar-refractivity contribution in [3.63, 3.8) is 0 Å². The van der Waals surface area contributed by atoms with E-state index in [1.165, 1.54) is 12.1 Å². The summed E-state index contributed by atoms with van der Waals surface area (Å²) >= 11 is 6.64. The number of fused-ring (bicyclic) bond motifs is 2. The molecule has 4 aromatic heterocycles. The molecule has 2 aliphatic heterocycles. The third kappa shape index (κ3) is 16.3. The summed E-state index contributed by atoms with van der Waals surface area (Å²) in [7, 11) is 0. The number of carboxylic acids is 1. The Morgan fingerprint density at radius 3 is 1.39 bits per heavy atom. The van der Waals surface area contributed by atoms with E-state index in [2.05, 4.69) is 87.7 Å². The first-order chi connectivity index (χ1) is 42.2. The van der Waals surface area contributed by atoms with E-state index in [1.807, 2.05) is 54.7 Å². The van der Waals surface area contributed by atoms with E-state index in [0.29, 0.717) is 91.2 Å². The maximum Gasteiger partial charge on any atom is 0.335 e. The van der Waals surface area contributed by atoms with Gasteiger partial charge < -0.3 is 46.9 Å². The largest absolute Gasteiger partial charge is 0.478 e. The average molecular weight is 1310 g/mol. The number of nitriles is 2. The standard InChI is InChI=1S/C32H34BrN7O3.C24H29N5O4.C8H7BrN2/c1-3-28-25(29(38-24-10-12-43-13-11-24)26-19-37-40(4-2)30(26)39-28)18-36-32(42)22-7-5-6-21(15-22)31(41)35-17-20-8-9-23(16-34)27(33)14-20;1-3-20-18(13-25-23(30)15-6-5-7-16(12-15)24(31)32)21(27-17-8-10-33-11-9-17)19-14-26-29(4-2)22(19)28-20;9-8-3-6(4-10)1-2-7(8)5-11/h5-9,14-15,19,24H,3-4,10-13,17-18H2,1-2H3,(H,35,41)(H,36,42)(H,38,39);5-7,12,14,17H,3-4,8-11,13H2,1-2H3,(H,25,30)(H,27,28)(H,31,32);1-3H,4,10H2. The van der Waals surface area contributed by atoms with Crippen molar-refractivity contribution in [3.05, 3.63) is 173 Å². The van der Waals surface area contributed by atoms with Crippen molar-refractivity contribution in [2.75, 3.05) is 37.1 Å². The molecular weight excluding hydrogens is 1240 g/mol. The second-order valence-electron chi connectivity index (χ2n) is 20.6. The van der Waals surface area contributed by atoms with Crippen LogP contribution in [-0.4, -0.2) is 96.8 Å². The van der Waals surface area contributed by atoms with Crippen LogP contribution in [0.3, 0.4) is 0 Å². The predicted molar refractivity (Wildman–Crippen MR) is 339 cm³/mol. The Morgan fingerprint density at radius 1 is 0.598 bits per heavy atom. The Kier molecular flexibility index (Phi) is 23.1. The molecule has 2 aliphatic rings. The molecule has 0 saturated carbocycles. The van der Waals surface area contributed by atoms with Crippen molar-refractivity contribution in [3.8, 4) is 12.1 Å². The highest BCUT2D eigenvalue weighted by atomic mass is 79.9. The van der Waals surface area contributed by atoms with Gasteiger partial charge in [-0.25, -0.2) is 24.1 Å². The van der Waals surface area contributed by atoms with Crippen LogP contribution >= 0.6 is 31.9 Å². The van der Waals surface area contributed by atoms with E-state index in [9.17, 15) is 24.3 Å². The monoisotopic (exact) mass is 1300 g/mol. The van der Waals surface area contributed by atoms with Crippen molar-refractivity contribution in [1.82, 2.24) is 45.5 Å². The van der Waals surface area contributed by atoms with Gasteiger partial charge in [-0.3, -0.25) is 14.4 Å². The number of halogens is 2. The number of amides is 3. The highest BCUT2D eigenvalue weighted by Crippen LogP contribution is 2.33. The Morgan fingerprint density at radius 2 is 1.00 bits per heavy atom. The summed E-state index contributed by atoms with van der Waals surface area (Å²) < 4.78 is 16.3. The number of aromatic nitrogens is 6. The summed E-state index contributed by atoms with van der Waals surface area (Å²) in [4.78, 5) is 60.1. The lowest BCUT2D eigenvalue weighted by atomic mass is 10.0. The van der Waals surface area contributed by atoms with E-state index in [0.717, 1.165) is 97.2 Å². The van der Waals surface area contributed by atoms with Crippen LogP contribution < -0.4 is 32.3 Å². The molecular formula is C64H70Br2N14O7. The first-order valence-corrected chi connectivity index (χ1v) is 30.6. The second-order valence-corrected chi connectivity index (χ2v) is 22.3. The summed E-state index contributed by atoms with van der Waals surface area (Å²) in [5.41, 5.74) is 16.8. The summed E-state index contributed by atoms with van der Waals surface area (Å²) in [5.74, 6) is -1.98. The summed E-state index contributed by atoms with van der Waals surface area (Å²) in [5, 5.41) is 54.1. The van der Waals surface area contributed by atoms with E-state index < -0.39 is 5.97 Å². The number of rotatable bonds is 19. The molecule has 10 rings (SSSR count). The molecule has 8 N–H and O–H groups in total. The van der Waals surface area contributed by atoms with Crippen LogP contribution in [0.15, 0.2) is 106 Å². The van der Waals surface area contributed by atoms with Gasteiger partial charge in [-0.1, -0.05) is 38.1 Å². The molecule has 4 aromatic carbocycles. The van der Waals surface area contributed by atoms with Crippen LogP contribution in [0.1, 0.15) is 140 Å². The number of anilines is 2. The van der Waals surface area contributed by atoms with Crippen LogP contribution in [0.25, 0.3) is 22.1 Å². The first-order valence-electron chi connectivity index (χ1n) is 29.0. The van der Waals surface area contributed by atoms with Crippen molar-refractivity contribution < 1.29 is 33.8 Å². The molecule has 0 aliphatic carbocycles. The number of aryl methyl sites for hydroxylation is 4. The quantitative estimate of drug-likeness (QED) is 0.0396. The maximum absolute atomic E-state index is 13.3. The van der Waals surface area contributed by atoms with Gasteiger partial charge in [0.05, 0.1) is 51.2 Å². The van der Waals surface area contributed by atoms with Crippen LogP contribution in [0.2, 0.25) is 0 Å². The highest BCUT2D eigenvalue weighted by Gasteiger charge is 2.25. The Labute approximate surface area is 521 Å². The van der Waals surface area contributed by atoms with Crippen molar-refractivity contribution in [1.29, 1.82) is 10.5 Å². The molecule has 87 heavy (non-hydrogen) atoms. The number of carbonyl (C=O) groups is 4. The molecule has 8 aromatic rings. The lowest BCUT2D eigenvalue weighted by molar-refractivity contribution is 0.0696. The minimum atomic E-state index is -1.07. The number of hydrogen-bond acceptors (Lipinski definition) is 15. The number of nitrogens with zero attached hydrogens (tertiary/aromatic N) is 8. The lowest BCUT2D eigenvalue weighted by Crippen LogP contribution is -2.30. The van der Waals surface area contributed by atoms with E-state index >= 15 is 0 Å². The van der Waals surface area contributed by atoms with Gasteiger partial charge in [-0.15, -0.1) is 0 Å². The number of carboxylic acid groups (broad SMARTS) is 1. The fourth-order valence-corrected chi connectivity index (χ4v) is 11.2. The molecule has 0 spiro atoms. The number of hydrogen-bond donors (Lipinski definition) is 7. The van der Waals surface area contributed by atoms with Crippen molar-refractivity contribution in [2.45, 2.75) is 118 Å². The zero-order chi connectivity index (χ0) is 62.0. The first kappa shape index (κ1) is 64.4. The number of aromatic carboxylic acids is 1. The highest BCUT2D eigenvalue weighted by molar-refractivity contribution is 9.10. The van der Waals surface area contributed by atoms with Crippen LogP contribution in [-0.2, 0) is 61.6 Å². The molecule has 2 saturated heterocycles. The van der Waals surface area contributed by atoms with Crippen LogP contribution in [0.4, 0.5) is 11.4 Å². The molecule has 0 bridgehead atoms. The number of carbonyl (C=O) groups excluding carboxylic acids is 3. The summed E-state index contributed by atoms with van der Waals surface area (Å²) in [6.07, 6.45) is 8.68. The molecule has 3 amide bonds. The number of nitrogens with two attached hydrogens (primary N) is 1. The third-order valence-electron chi connectivity index (χ3n) is 15.0. The lowest BCUT2D eigenvalue weighted by Gasteiger charge is -2.26. The third-order valence-corrected chi connectivity index (χ3v) is 16.3. The number of benzene rings is 4. The fourth-order valence-electron chi connectivity index (χ4n) is 10.2. The van der Waals surface area contributed by atoms with Gasteiger partial charge in [-0.2, -0.15) is 20.7 Å². The summed E-state index contributed by atoms with van der Waals surface area (Å²) in [6, 6.07) is 28.1. The average Bonchev–Trinajstić information content (AvgIpc) is 1.90. The van der Waals surface area contributed by atoms with Crippen LogP contribution in [0.5, 0.6) is 0 Å². The minimum Gasteiger partial charge on any atom is -0.478 e. The SMILES string of the molecule is CCc1nc2c(cnn2CC)c(NC2CCOCC2)c1CNC(=O)c1cccc(C(=O)NCc2ccc(C#N)c(Br)c2)c1.CCc1nc2c(cnn2CC)c(NC2CCOCC2)c1CNC(=O)c1cccc(C(=O)O)c1.N#Cc1ccc(CN)cc1Br. The maximum atomic E-state index is 13.3. The van der Waals surface area contributed by atoms with Gasteiger partial charge in [0.25, 0.3) is 17.7 Å². The second kappa shape index (κ2) is 31.2.